The van der Waals surface area contributed by atoms with Crippen molar-refractivity contribution in [2.75, 3.05) is 11.8 Å². The van der Waals surface area contributed by atoms with Crippen molar-refractivity contribution in [2.24, 2.45) is 0 Å². The van der Waals surface area contributed by atoms with Gasteiger partial charge in [-0.3, -0.25) is 0 Å². The Hall–Kier alpha value is 0.100. The van der Waals surface area contributed by atoms with Crippen LogP contribution < -0.4 is 0 Å². The van der Waals surface area contributed by atoms with Crippen LogP contribution in [-0.2, 0) is 0 Å². The monoisotopic (exact) mass is 208 g/mol. The van der Waals surface area contributed by atoms with Crippen LogP contribution >= 0.6 is 23.2 Å². The first kappa shape index (κ1) is 12.1. The van der Waals surface area contributed by atoms with E-state index in [1.807, 2.05) is 0 Å². The van der Waals surface area contributed by atoms with Crippen LogP contribution in [0.15, 0.2) is 0 Å². The molecule has 0 spiro atoms. The van der Waals surface area contributed by atoms with Gasteiger partial charge < -0.3 is 5.11 Å². The Kier molecular flexibility index (Phi) is 9.27. The molecule has 0 radical (unpaired) electrons. The molecule has 0 aromatic carbocycles. The normalized spacial score (nSPS) is 11.9. The fraction of sp³-hybridized carbons (Fsp3) is 0.778. The van der Waals surface area contributed by atoms with E-state index in [4.69, 9.17) is 23.2 Å². The fourth-order valence-corrected chi connectivity index (χ4v) is 0.976. The average Bonchev–Trinajstić information content (AvgIpc) is 2.09. The summed E-state index contributed by atoms with van der Waals surface area (Å²) in [5.74, 6) is 6.82. The minimum Gasteiger partial charge on any atom is -0.380 e. The minimum atomic E-state index is -0.515. The van der Waals surface area contributed by atoms with Crippen LogP contribution in [0.2, 0.25) is 0 Å². The van der Waals surface area contributed by atoms with Gasteiger partial charge in [-0.2, -0.15) is 0 Å². The van der Waals surface area contributed by atoms with Gasteiger partial charge in [0.1, 0.15) is 6.10 Å². The maximum Gasteiger partial charge on any atom is 0.114 e. The van der Waals surface area contributed by atoms with Crippen molar-refractivity contribution in [3.63, 3.8) is 0 Å². The van der Waals surface area contributed by atoms with Crippen LogP contribution in [0.4, 0.5) is 0 Å². The van der Waals surface area contributed by atoms with Gasteiger partial charge in [0.15, 0.2) is 0 Å². The highest BCUT2D eigenvalue weighted by molar-refractivity contribution is 6.18. The van der Waals surface area contributed by atoms with E-state index >= 15 is 0 Å². The SMILES string of the molecule is O[C@@H](C#CCCCCl)CCCCl. The van der Waals surface area contributed by atoms with E-state index in [0.29, 0.717) is 18.2 Å². The molecule has 12 heavy (non-hydrogen) atoms. The predicted octanol–water partition coefficient (Wildman–Crippen LogP) is 2.39. The van der Waals surface area contributed by atoms with Crippen LogP contribution in [0, 0.1) is 11.8 Å². The summed E-state index contributed by atoms with van der Waals surface area (Å²) >= 11 is 10.9. The topological polar surface area (TPSA) is 20.2 Å². The summed E-state index contributed by atoms with van der Waals surface area (Å²) in [6.45, 7) is 0. The number of hydrogen-bond donors (Lipinski definition) is 1. The molecule has 3 heteroatoms. The number of alkyl halides is 2. The lowest BCUT2D eigenvalue weighted by Crippen LogP contribution is -2.02. The predicted molar refractivity (Wildman–Crippen MR) is 53.7 cm³/mol. The Morgan fingerprint density at radius 1 is 1.17 bits per heavy atom. The Bertz CT molecular complexity index is 148. The molecule has 0 saturated carbocycles. The molecule has 70 valence electrons. The first-order valence-electron chi connectivity index (χ1n) is 4.09. The highest BCUT2D eigenvalue weighted by Crippen LogP contribution is 1.97. The summed E-state index contributed by atoms with van der Waals surface area (Å²) in [6.07, 6.45) is 2.61. The summed E-state index contributed by atoms with van der Waals surface area (Å²) in [6, 6.07) is 0. The van der Waals surface area contributed by atoms with Gasteiger partial charge in [0.05, 0.1) is 0 Å². The summed E-state index contributed by atoms with van der Waals surface area (Å²) in [5.41, 5.74) is 0. The second-order valence-corrected chi connectivity index (χ2v) is 3.22. The highest BCUT2D eigenvalue weighted by Gasteiger charge is 1.96. The lowest BCUT2D eigenvalue weighted by atomic mass is 10.2. The fourth-order valence-electron chi connectivity index (χ4n) is 0.688. The van der Waals surface area contributed by atoms with E-state index < -0.39 is 6.10 Å². The minimum absolute atomic E-state index is 0.515. The van der Waals surface area contributed by atoms with E-state index in [2.05, 4.69) is 11.8 Å². The van der Waals surface area contributed by atoms with E-state index in [9.17, 15) is 5.11 Å². The third-order valence-electron chi connectivity index (χ3n) is 1.32. The maximum atomic E-state index is 9.21. The average molecular weight is 209 g/mol. The molecule has 0 amide bonds. The maximum absolute atomic E-state index is 9.21. The Labute approximate surface area is 84.1 Å². The van der Waals surface area contributed by atoms with E-state index in [0.717, 1.165) is 19.3 Å². The zero-order valence-electron chi connectivity index (χ0n) is 7.02. The molecule has 0 aliphatic rings. The van der Waals surface area contributed by atoms with Crippen molar-refractivity contribution in [1.29, 1.82) is 0 Å². The number of halogens is 2. The molecule has 0 aliphatic heterocycles. The largest absolute Gasteiger partial charge is 0.380 e. The molecule has 0 aromatic rings. The van der Waals surface area contributed by atoms with Gasteiger partial charge in [-0.05, 0) is 19.3 Å². The molecule has 1 nitrogen and oxygen atoms in total. The molecule has 0 rings (SSSR count). The summed E-state index contributed by atoms with van der Waals surface area (Å²) < 4.78 is 0. The quantitative estimate of drug-likeness (QED) is 0.418. The van der Waals surface area contributed by atoms with Crippen molar-refractivity contribution >= 4 is 23.2 Å². The Balaban J connectivity index is 3.36. The molecule has 0 aromatic heterocycles. The third kappa shape index (κ3) is 8.20. The summed E-state index contributed by atoms with van der Waals surface area (Å²) in [5, 5.41) is 9.21. The van der Waals surface area contributed by atoms with E-state index in [-0.39, 0.29) is 0 Å². The molecule has 0 unspecified atom stereocenters. The number of hydrogen-bond acceptors (Lipinski definition) is 1. The summed E-state index contributed by atoms with van der Waals surface area (Å²) in [4.78, 5) is 0. The van der Waals surface area contributed by atoms with Gasteiger partial charge in [0.2, 0.25) is 0 Å². The van der Waals surface area contributed by atoms with Crippen LogP contribution in [0.1, 0.15) is 25.7 Å². The third-order valence-corrected chi connectivity index (χ3v) is 1.85. The van der Waals surface area contributed by atoms with Crippen molar-refractivity contribution in [1.82, 2.24) is 0 Å². The zero-order valence-corrected chi connectivity index (χ0v) is 8.53. The van der Waals surface area contributed by atoms with E-state index in [1.165, 1.54) is 0 Å². The van der Waals surface area contributed by atoms with Gasteiger partial charge >= 0.3 is 0 Å². The van der Waals surface area contributed by atoms with Crippen molar-refractivity contribution < 1.29 is 5.11 Å². The summed E-state index contributed by atoms with van der Waals surface area (Å²) in [7, 11) is 0. The molecule has 0 heterocycles. The number of rotatable bonds is 5. The first-order valence-corrected chi connectivity index (χ1v) is 5.16. The number of aliphatic hydroxyl groups excluding tert-OH is 1. The molecule has 0 fully saturated rings. The number of unbranched alkanes of at least 4 members (excludes halogenated alkanes) is 1. The lowest BCUT2D eigenvalue weighted by Gasteiger charge is -1.98. The standard InChI is InChI=1S/C9H14Cl2O/c10-7-3-1-2-5-9(12)6-4-8-11/h9,12H,1,3-4,6-8H2/t9-/m0/s1. The van der Waals surface area contributed by atoms with Crippen LogP contribution in [0.5, 0.6) is 0 Å². The van der Waals surface area contributed by atoms with Crippen molar-refractivity contribution in [3.05, 3.63) is 0 Å². The van der Waals surface area contributed by atoms with E-state index in [1.54, 1.807) is 0 Å². The van der Waals surface area contributed by atoms with Gasteiger partial charge in [0, 0.05) is 18.2 Å². The molecular weight excluding hydrogens is 195 g/mol. The first-order chi connectivity index (χ1) is 5.81. The molecule has 0 aliphatic carbocycles. The second kappa shape index (κ2) is 9.19. The second-order valence-electron chi connectivity index (χ2n) is 2.46. The van der Waals surface area contributed by atoms with Crippen LogP contribution in [0.25, 0.3) is 0 Å². The Morgan fingerprint density at radius 3 is 2.42 bits per heavy atom. The van der Waals surface area contributed by atoms with Gasteiger partial charge in [-0.1, -0.05) is 5.92 Å². The number of aliphatic hydroxyl groups is 1. The van der Waals surface area contributed by atoms with Crippen LogP contribution in [-0.4, -0.2) is 23.0 Å². The molecule has 0 saturated heterocycles. The molecule has 0 bridgehead atoms. The lowest BCUT2D eigenvalue weighted by molar-refractivity contribution is 0.221. The van der Waals surface area contributed by atoms with Gasteiger partial charge in [-0.15, -0.1) is 29.1 Å². The van der Waals surface area contributed by atoms with Gasteiger partial charge in [0.25, 0.3) is 0 Å². The van der Waals surface area contributed by atoms with Gasteiger partial charge in [-0.25, -0.2) is 0 Å². The molecule has 1 atom stereocenters. The van der Waals surface area contributed by atoms with Crippen molar-refractivity contribution in [3.8, 4) is 11.8 Å². The zero-order chi connectivity index (χ0) is 9.23. The van der Waals surface area contributed by atoms with Crippen LogP contribution in [0.3, 0.4) is 0 Å². The van der Waals surface area contributed by atoms with Crippen molar-refractivity contribution in [2.45, 2.75) is 31.8 Å². The highest BCUT2D eigenvalue weighted by atomic mass is 35.5. The Morgan fingerprint density at radius 2 is 1.83 bits per heavy atom. The smallest absolute Gasteiger partial charge is 0.114 e. The molecule has 1 N–H and O–H groups in total. The molecular formula is C9H14Cl2O.